The molecule has 0 saturated carbocycles. The van der Waals surface area contributed by atoms with Gasteiger partial charge in [-0.1, -0.05) is 24.3 Å². The second-order valence-electron chi connectivity index (χ2n) is 4.92. The maximum atomic E-state index is 6.02. The Morgan fingerprint density at radius 1 is 1.25 bits per heavy atom. The van der Waals surface area contributed by atoms with Gasteiger partial charge in [-0.2, -0.15) is 11.8 Å². The molecule has 2 N–H and O–H groups in total. The van der Waals surface area contributed by atoms with Gasteiger partial charge in [0.05, 0.1) is 0 Å². The summed E-state index contributed by atoms with van der Waals surface area (Å²) in [6, 6.07) is 8.82. The normalized spacial score (nSPS) is 17.4. The van der Waals surface area contributed by atoms with Crippen LogP contribution in [0.2, 0.25) is 0 Å². The predicted octanol–water partition coefficient (Wildman–Crippen LogP) is 2.87. The minimum atomic E-state index is 0.361. The Morgan fingerprint density at radius 3 is 2.38 bits per heavy atom. The molecule has 0 saturated heterocycles. The van der Waals surface area contributed by atoms with Crippen molar-refractivity contribution in [2.24, 2.45) is 11.1 Å². The molecule has 0 aliphatic heterocycles. The lowest BCUT2D eigenvalue weighted by Crippen LogP contribution is -2.31. The van der Waals surface area contributed by atoms with E-state index in [1.807, 2.05) is 11.8 Å². The zero-order valence-electron chi connectivity index (χ0n) is 10.0. The van der Waals surface area contributed by atoms with Crippen LogP contribution in [0.1, 0.15) is 24.0 Å². The Labute approximate surface area is 103 Å². The minimum absolute atomic E-state index is 0.361. The van der Waals surface area contributed by atoms with Crippen molar-refractivity contribution in [3.8, 4) is 0 Å². The van der Waals surface area contributed by atoms with E-state index < -0.39 is 0 Å². The lowest BCUT2D eigenvalue weighted by molar-refractivity contribution is 0.288. The molecule has 1 aromatic rings. The first-order valence-electron chi connectivity index (χ1n) is 6.05. The quantitative estimate of drug-likeness (QED) is 0.794. The average Bonchev–Trinajstić information content (AvgIpc) is 2.68. The van der Waals surface area contributed by atoms with Crippen molar-refractivity contribution >= 4 is 11.8 Å². The molecule has 0 bridgehead atoms. The van der Waals surface area contributed by atoms with Gasteiger partial charge in [0.25, 0.3) is 0 Å². The molecule has 0 spiro atoms. The summed E-state index contributed by atoms with van der Waals surface area (Å²) in [6.45, 7) is 0.829. The summed E-state index contributed by atoms with van der Waals surface area (Å²) >= 11 is 1.94. The van der Waals surface area contributed by atoms with E-state index in [1.165, 1.54) is 42.6 Å². The highest BCUT2D eigenvalue weighted by Gasteiger charge is 2.35. The van der Waals surface area contributed by atoms with Crippen LogP contribution in [0.5, 0.6) is 0 Å². The number of nitrogens with two attached hydrogens (primary N) is 1. The molecule has 88 valence electrons. The van der Waals surface area contributed by atoms with Crippen LogP contribution < -0.4 is 5.73 Å². The second kappa shape index (κ2) is 5.24. The van der Waals surface area contributed by atoms with Crippen molar-refractivity contribution in [2.75, 3.05) is 18.6 Å². The van der Waals surface area contributed by atoms with E-state index in [4.69, 9.17) is 5.73 Å². The van der Waals surface area contributed by atoms with Gasteiger partial charge < -0.3 is 5.73 Å². The van der Waals surface area contributed by atoms with E-state index >= 15 is 0 Å². The van der Waals surface area contributed by atoms with Gasteiger partial charge in [0.2, 0.25) is 0 Å². The summed E-state index contributed by atoms with van der Waals surface area (Å²) in [7, 11) is 0. The third kappa shape index (κ3) is 2.44. The Bertz CT molecular complexity index is 323. The highest BCUT2D eigenvalue weighted by molar-refractivity contribution is 7.98. The van der Waals surface area contributed by atoms with Crippen molar-refractivity contribution in [3.63, 3.8) is 0 Å². The molecule has 0 radical (unpaired) electrons. The zero-order valence-corrected chi connectivity index (χ0v) is 10.9. The molecule has 16 heavy (non-hydrogen) atoms. The molecule has 1 aliphatic rings. The monoisotopic (exact) mass is 235 g/mol. The van der Waals surface area contributed by atoms with Crippen LogP contribution in [0.3, 0.4) is 0 Å². The molecule has 1 nitrogen and oxygen atoms in total. The predicted molar refractivity (Wildman–Crippen MR) is 73.0 cm³/mol. The zero-order chi connectivity index (χ0) is 11.4. The van der Waals surface area contributed by atoms with E-state index in [0.717, 1.165) is 6.54 Å². The highest BCUT2D eigenvalue weighted by Crippen LogP contribution is 2.39. The largest absolute Gasteiger partial charge is 0.330 e. The van der Waals surface area contributed by atoms with Gasteiger partial charge in [0, 0.05) is 0 Å². The fraction of sp³-hybridized carbons (Fsp3) is 0.571. The lowest BCUT2D eigenvalue weighted by atomic mass is 9.80. The van der Waals surface area contributed by atoms with Crippen LogP contribution in [0, 0.1) is 5.41 Å². The van der Waals surface area contributed by atoms with Crippen molar-refractivity contribution in [3.05, 3.63) is 35.4 Å². The van der Waals surface area contributed by atoms with Gasteiger partial charge in [-0.3, -0.25) is 0 Å². The lowest BCUT2D eigenvalue weighted by Gasteiger charge is -2.27. The van der Waals surface area contributed by atoms with Crippen molar-refractivity contribution in [1.29, 1.82) is 0 Å². The molecular weight excluding hydrogens is 214 g/mol. The SMILES string of the molecule is CSCCCC1(CN)Cc2ccccc2C1. The molecule has 2 heteroatoms. The van der Waals surface area contributed by atoms with Crippen molar-refractivity contribution in [2.45, 2.75) is 25.7 Å². The average molecular weight is 235 g/mol. The second-order valence-corrected chi connectivity index (χ2v) is 5.91. The van der Waals surface area contributed by atoms with Gasteiger partial charge in [0.1, 0.15) is 0 Å². The molecule has 0 atom stereocenters. The van der Waals surface area contributed by atoms with E-state index in [-0.39, 0.29) is 0 Å². The standard InChI is InChI=1S/C14H21NS/c1-16-8-4-7-14(11-15)9-12-5-2-3-6-13(12)10-14/h2-3,5-6H,4,7-11,15H2,1H3. The molecular formula is C14H21NS. The van der Waals surface area contributed by atoms with E-state index in [1.54, 1.807) is 0 Å². The van der Waals surface area contributed by atoms with Gasteiger partial charge >= 0.3 is 0 Å². The number of rotatable bonds is 5. The fourth-order valence-electron chi connectivity index (χ4n) is 2.79. The summed E-state index contributed by atoms with van der Waals surface area (Å²) < 4.78 is 0. The van der Waals surface area contributed by atoms with Crippen molar-refractivity contribution in [1.82, 2.24) is 0 Å². The summed E-state index contributed by atoms with van der Waals surface area (Å²) in [5.41, 5.74) is 9.43. The van der Waals surface area contributed by atoms with E-state index in [0.29, 0.717) is 5.41 Å². The number of hydrogen-bond donors (Lipinski definition) is 1. The first-order valence-corrected chi connectivity index (χ1v) is 7.45. The Kier molecular flexibility index (Phi) is 3.93. The molecule has 0 aromatic heterocycles. The van der Waals surface area contributed by atoms with E-state index in [9.17, 15) is 0 Å². The molecule has 1 aromatic carbocycles. The molecule has 1 aliphatic carbocycles. The summed E-state index contributed by atoms with van der Waals surface area (Å²) in [5.74, 6) is 1.26. The summed E-state index contributed by atoms with van der Waals surface area (Å²) in [4.78, 5) is 0. The summed E-state index contributed by atoms with van der Waals surface area (Å²) in [6.07, 6.45) is 7.13. The van der Waals surface area contributed by atoms with Crippen molar-refractivity contribution < 1.29 is 0 Å². The first kappa shape index (κ1) is 12.0. The van der Waals surface area contributed by atoms with Crippen LogP contribution in [0.4, 0.5) is 0 Å². The maximum absolute atomic E-state index is 6.02. The fourth-order valence-corrected chi connectivity index (χ4v) is 3.22. The molecule has 0 amide bonds. The number of fused-ring (bicyclic) bond motifs is 1. The minimum Gasteiger partial charge on any atom is -0.330 e. The topological polar surface area (TPSA) is 26.0 Å². The summed E-state index contributed by atoms with van der Waals surface area (Å²) in [5, 5.41) is 0. The molecule has 0 fully saturated rings. The first-order chi connectivity index (χ1) is 7.79. The molecule has 2 rings (SSSR count). The van der Waals surface area contributed by atoms with Gasteiger partial charge in [0.15, 0.2) is 0 Å². The smallest absolute Gasteiger partial charge is 0.00141 e. The molecule has 0 heterocycles. The van der Waals surface area contributed by atoms with Crippen LogP contribution in [0.15, 0.2) is 24.3 Å². The van der Waals surface area contributed by atoms with Gasteiger partial charge in [-0.05, 0) is 60.8 Å². The van der Waals surface area contributed by atoms with Gasteiger partial charge in [-0.25, -0.2) is 0 Å². The number of hydrogen-bond acceptors (Lipinski definition) is 2. The Morgan fingerprint density at radius 2 is 1.88 bits per heavy atom. The van der Waals surface area contributed by atoms with E-state index in [2.05, 4.69) is 30.5 Å². The highest BCUT2D eigenvalue weighted by atomic mass is 32.2. The van der Waals surface area contributed by atoms with Crippen LogP contribution in [0.25, 0.3) is 0 Å². The Hall–Kier alpha value is -0.470. The third-order valence-corrected chi connectivity index (χ3v) is 4.43. The van der Waals surface area contributed by atoms with Crippen LogP contribution in [-0.2, 0) is 12.8 Å². The third-order valence-electron chi connectivity index (χ3n) is 3.74. The van der Waals surface area contributed by atoms with Crippen LogP contribution in [-0.4, -0.2) is 18.6 Å². The Balaban J connectivity index is 2.04. The maximum Gasteiger partial charge on any atom is -0.00141 e. The van der Waals surface area contributed by atoms with Crippen LogP contribution >= 0.6 is 11.8 Å². The number of thioether (sulfide) groups is 1. The van der Waals surface area contributed by atoms with Gasteiger partial charge in [-0.15, -0.1) is 0 Å². The molecule has 0 unspecified atom stereocenters. The number of benzene rings is 1.